The second-order valence-corrected chi connectivity index (χ2v) is 20.9. The zero-order chi connectivity index (χ0) is 49.0. The predicted molar refractivity (Wildman–Crippen MR) is 257 cm³/mol. The van der Waals surface area contributed by atoms with Crippen LogP contribution in [-0.2, 0) is 42.9 Å². The number of amides is 1. The molecule has 14 unspecified atom stereocenters. The summed E-state index contributed by atoms with van der Waals surface area (Å²) in [6.07, 6.45) is 9.30. The van der Waals surface area contributed by atoms with Gasteiger partial charge in [-0.3, -0.25) is 14.4 Å². The lowest BCUT2D eigenvalue weighted by Gasteiger charge is -2.47. The smallest absolute Gasteiger partial charge is 0.329 e. The van der Waals surface area contributed by atoms with Gasteiger partial charge in [-0.1, -0.05) is 45.4 Å². The minimum Gasteiger partial charge on any atom is -0.488 e. The van der Waals surface area contributed by atoms with Gasteiger partial charge >= 0.3 is 5.97 Å². The molecule has 68 heavy (non-hydrogen) atoms. The summed E-state index contributed by atoms with van der Waals surface area (Å²) in [5.41, 5.74) is 2.91. The Morgan fingerprint density at radius 2 is 1.60 bits per heavy atom. The van der Waals surface area contributed by atoms with E-state index in [4.69, 9.17) is 28.4 Å². The zero-order valence-corrected chi connectivity index (χ0v) is 41.9. The highest BCUT2D eigenvalue weighted by molar-refractivity contribution is 6.39. The van der Waals surface area contributed by atoms with E-state index < -0.39 is 77.8 Å². The molecule has 2 bridgehead atoms. The lowest BCUT2D eigenvalue weighted by molar-refractivity contribution is -0.302. The van der Waals surface area contributed by atoms with Crippen molar-refractivity contribution >= 4 is 34.3 Å². The van der Waals surface area contributed by atoms with Gasteiger partial charge in [0.15, 0.2) is 0 Å². The number of hydrogen-bond acceptors (Lipinski definition) is 12. The minimum absolute atomic E-state index is 0.0208. The first-order valence-corrected chi connectivity index (χ1v) is 25.4. The fourth-order valence-corrected chi connectivity index (χ4v) is 11.6. The Hall–Kier alpha value is -3.92. The average Bonchev–Trinajstić information content (AvgIpc) is 4.09. The van der Waals surface area contributed by atoms with Gasteiger partial charge in [-0.2, -0.15) is 0 Å². The molecule has 14 atom stereocenters. The molecule has 1 aromatic carbocycles. The fraction of sp³-hybridized carbons (Fsp3) is 0.704. The fourth-order valence-electron chi connectivity index (χ4n) is 11.6. The quantitative estimate of drug-likeness (QED) is 0.142. The number of benzene rings is 1. The van der Waals surface area contributed by atoms with Crippen molar-refractivity contribution in [2.24, 2.45) is 29.6 Å². The van der Waals surface area contributed by atoms with Crippen molar-refractivity contribution in [3.05, 3.63) is 53.8 Å². The number of piperidine rings is 1. The summed E-state index contributed by atoms with van der Waals surface area (Å²) >= 11 is 0. The van der Waals surface area contributed by atoms with Crippen LogP contribution in [0.25, 0.3) is 10.9 Å². The molecule has 4 heterocycles. The van der Waals surface area contributed by atoms with Crippen molar-refractivity contribution in [3.8, 4) is 5.75 Å². The predicted octanol–water partition coefficient (Wildman–Crippen LogP) is 7.85. The van der Waals surface area contributed by atoms with Gasteiger partial charge in [0.05, 0.1) is 24.4 Å². The van der Waals surface area contributed by atoms with Gasteiger partial charge in [0.1, 0.15) is 35.9 Å². The van der Waals surface area contributed by atoms with E-state index in [0.717, 1.165) is 29.6 Å². The third-order valence-electron chi connectivity index (χ3n) is 15.8. The Bertz CT molecular complexity index is 2160. The minimum atomic E-state index is -2.51. The van der Waals surface area contributed by atoms with E-state index in [-0.39, 0.29) is 55.6 Å². The van der Waals surface area contributed by atoms with Crippen LogP contribution >= 0.6 is 0 Å². The Labute approximate surface area is 403 Å². The lowest BCUT2D eigenvalue weighted by Crippen LogP contribution is -2.64. The normalized spacial score (nSPS) is 36.7. The standard InChI is InChI=1S/C54H78N2O12/c1-10-37-24-31(2)23-32(3)25-47(64-8)50-48(65-9)27-34(5)54(62,68-50)51(59)52(60)56-21-12-11-13-42(56)53(61)67-49(35(6)43(57)30-44(37)58)33(4)26-36-14-19-45(46(28-36)63-7)66-40-17-18-41-38(29-40)20-22-55(41)39-15-16-39/h17-18,20,22,24,26,29,32,34-37,39,42-43,45-50,57,62H,10-16,19,21,23,25,27-28,30H2,1-9H3. The van der Waals surface area contributed by atoms with Gasteiger partial charge in [-0.05, 0) is 133 Å². The van der Waals surface area contributed by atoms with E-state index in [2.05, 4.69) is 42.0 Å². The molecule has 14 nitrogen and oxygen atoms in total. The number of carbonyl (C=O) groups is 4. The summed E-state index contributed by atoms with van der Waals surface area (Å²) in [7, 11) is 4.78. The molecule has 2 saturated heterocycles. The van der Waals surface area contributed by atoms with Crippen LogP contribution in [0.2, 0.25) is 0 Å². The number of Topliss-reactive ketones (excluding diaryl/α,β-unsaturated/α-hetero) is 2. The number of carbonyl (C=O) groups excluding carboxylic acids is 4. The Morgan fingerprint density at radius 3 is 2.29 bits per heavy atom. The maximum absolute atomic E-state index is 14.6. The number of allylic oxidation sites excluding steroid dienone is 3. The highest BCUT2D eigenvalue weighted by Crippen LogP contribution is 2.41. The molecular weight excluding hydrogens is 869 g/mol. The summed E-state index contributed by atoms with van der Waals surface area (Å²) in [6, 6.07) is 7.85. The van der Waals surface area contributed by atoms with E-state index in [1.807, 2.05) is 32.9 Å². The summed E-state index contributed by atoms with van der Waals surface area (Å²) in [6.45, 7) is 11.4. The van der Waals surface area contributed by atoms with Crippen LogP contribution in [0.5, 0.6) is 5.75 Å². The summed E-state index contributed by atoms with van der Waals surface area (Å²) < 4.78 is 39.5. The molecule has 376 valence electrons. The van der Waals surface area contributed by atoms with Crippen molar-refractivity contribution in [1.29, 1.82) is 0 Å². The number of ketones is 2. The number of cyclic esters (lactones) is 1. The number of methoxy groups -OCH3 is 3. The molecule has 2 aliphatic carbocycles. The van der Waals surface area contributed by atoms with Crippen LogP contribution in [0, 0.1) is 29.6 Å². The number of aliphatic hydroxyl groups is 2. The van der Waals surface area contributed by atoms with E-state index in [1.54, 1.807) is 35.2 Å². The SMILES string of the molecule is CCC1C=C(C)CC(C)CC(OC)C2OC(O)(C(=O)C(=O)N3CCCCC3C(=O)OC(C(C)=CC3CCC(Oc4ccc5c(ccn5C5CC5)c4)C(OC)C3)C(C)C(O)CC1=O)C(C)CC2OC. The van der Waals surface area contributed by atoms with E-state index in [0.29, 0.717) is 50.1 Å². The number of aliphatic hydroxyl groups excluding tert-OH is 1. The number of fused-ring (bicyclic) bond motifs is 4. The third-order valence-corrected chi connectivity index (χ3v) is 15.8. The van der Waals surface area contributed by atoms with Crippen LogP contribution in [0.15, 0.2) is 53.8 Å². The number of esters is 1. The van der Waals surface area contributed by atoms with Gasteiger partial charge in [0.25, 0.3) is 11.7 Å². The van der Waals surface area contributed by atoms with E-state index >= 15 is 0 Å². The first-order valence-electron chi connectivity index (χ1n) is 25.4. The zero-order valence-electron chi connectivity index (χ0n) is 41.9. The average molecular weight is 947 g/mol. The number of aromatic nitrogens is 1. The Kier molecular flexibility index (Phi) is 17.1. The van der Waals surface area contributed by atoms with Gasteiger partial charge < -0.3 is 48.1 Å². The first-order chi connectivity index (χ1) is 32.5. The highest BCUT2D eigenvalue weighted by atomic mass is 16.7. The number of ether oxygens (including phenoxy) is 6. The van der Waals surface area contributed by atoms with Crippen LogP contribution < -0.4 is 4.74 Å². The maximum Gasteiger partial charge on any atom is 0.329 e. The molecule has 1 aromatic heterocycles. The van der Waals surface area contributed by atoms with E-state index in [9.17, 15) is 29.4 Å². The molecule has 2 aromatic rings. The van der Waals surface area contributed by atoms with Crippen LogP contribution in [-0.4, -0.2) is 126 Å². The molecule has 7 rings (SSSR count). The van der Waals surface area contributed by atoms with Crippen LogP contribution in [0.1, 0.15) is 131 Å². The molecular formula is C54H78N2O12. The van der Waals surface area contributed by atoms with Gasteiger partial charge in [0.2, 0.25) is 5.79 Å². The Morgan fingerprint density at radius 1 is 0.882 bits per heavy atom. The first kappa shape index (κ1) is 51.9. The van der Waals surface area contributed by atoms with Gasteiger partial charge in [0, 0.05) is 75.2 Å². The highest BCUT2D eigenvalue weighted by Gasteiger charge is 2.56. The molecule has 14 heteroatoms. The second kappa shape index (κ2) is 22.4. The van der Waals surface area contributed by atoms with E-state index in [1.165, 1.54) is 23.3 Å². The summed E-state index contributed by atoms with van der Waals surface area (Å²) in [5, 5.41) is 25.2. The number of hydrogen-bond donors (Lipinski definition) is 2. The topological polar surface area (TPSA) is 172 Å². The third kappa shape index (κ3) is 11.5. The summed E-state index contributed by atoms with van der Waals surface area (Å²) in [4.78, 5) is 58.6. The second-order valence-electron chi connectivity index (χ2n) is 20.9. The van der Waals surface area contributed by atoms with Crippen molar-refractivity contribution in [2.45, 2.75) is 186 Å². The van der Waals surface area contributed by atoms with Crippen LogP contribution in [0.3, 0.4) is 0 Å². The van der Waals surface area contributed by atoms with Crippen molar-refractivity contribution < 1.29 is 57.8 Å². The van der Waals surface area contributed by atoms with Crippen molar-refractivity contribution in [1.82, 2.24) is 9.47 Å². The number of rotatable bonds is 9. The molecule has 2 N–H and O–H groups in total. The molecule has 3 aliphatic heterocycles. The molecule has 2 saturated carbocycles. The molecule has 4 fully saturated rings. The Balaban J connectivity index is 1.16. The monoisotopic (exact) mass is 947 g/mol. The maximum atomic E-state index is 14.6. The molecule has 0 radical (unpaired) electrons. The molecule has 0 spiro atoms. The van der Waals surface area contributed by atoms with Gasteiger partial charge in [-0.15, -0.1) is 0 Å². The van der Waals surface area contributed by atoms with Crippen LogP contribution in [0.4, 0.5) is 0 Å². The van der Waals surface area contributed by atoms with Gasteiger partial charge in [-0.25, -0.2) is 4.79 Å². The largest absolute Gasteiger partial charge is 0.488 e. The molecule has 1 amide bonds. The van der Waals surface area contributed by atoms with Crippen molar-refractivity contribution in [3.63, 3.8) is 0 Å². The summed E-state index contributed by atoms with van der Waals surface area (Å²) in [5.74, 6) is -6.66. The molecule has 5 aliphatic rings. The number of nitrogens with zero attached hydrogens (tertiary/aromatic N) is 2. The van der Waals surface area contributed by atoms with Crippen molar-refractivity contribution in [2.75, 3.05) is 27.9 Å². The lowest BCUT2D eigenvalue weighted by atomic mass is 9.81.